The second-order valence-electron chi connectivity index (χ2n) is 7.38. The van der Waals surface area contributed by atoms with Crippen molar-refractivity contribution >= 4 is 5.91 Å². The van der Waals surface area contributed by atoms with Gasteiger partial charge in [-0.25, -0.2) is 0 Å². The van der Waals surface area contributed by atoms with E-state index in [2.05, 4.69) is 50.0 Å². The first-order chi connectivity index (χ1) is 9.32. The summed E-state index contributed by atoms with van der Waals surface area (Å²) < 4.78 is 0. The number of nitrogens with zero attached hydrogens (tertiary/aromatic N) is 2. The van der Waals surface area contributed by atoms with E-state index < -0.39 is 0 Å². The van der Waals surface area contributed by atoms with Gasteiger partial charge in [-0.3, -0.25) is 10.1 Å². The summed E-state index contributed by atoms with van der Waals surface area (Å²) in [5, 5.41) is 3.69. The van der Waals surface area contributed by atoms with E-state index >= 15 is 0 Å². The van der Waals surface area contributed by atoms with Crippen molar-refractivity contribution in [3.63, 3.8) is 0 Å². The molecule has 1 unspecified atom stereocenters. The zero-order valence-corrected chi connectivity index (χ0v) is 13.8. The molecular weight excluding hydrogens is 250 g/mol. The highest BCUT2D eigenvalue weighted by atomic mass is 16.2. The fourth-order valence-electron chi connectivity index (χ4n) is 3.45. The molecular formula is C16H31N3O. The van der Waals surface area contributed by atoms with Crippen LogP contribution in [0.4, 0.5) is 0 Å². The highest BCUT2D eigenvalue weighted by Gasteiger charge is 2.52. The molecule has 1 atom stereocenters. The summed E-state index contributed by atoms with van der Waals surface area (Å²) in [6, 6.07) is 0. The topological polar surface area (TPSA) is 35.6 Å². The molecule has 1 heterocycles. The Bertz CT molecular complexity index is 359. The minimum Gasteiger partial charge on any atom is -0.324 e. The Kier molecular flexibility index (Phi) is 4.45. The Labute approximate surface area is 123 Å². The van der Waals surface area contributed by atoms with Gasteiger partial charge in [0.2, 0.25) is 5.91 Å². The molecule has 0 radical (unpaired) electrons. The van der Waals surface area contributed by atoms with E-state index in [1.54, 1.807) is 0 Å². The van der Waals surface area contributed by atoms with Gasteiger partial charge in [-0.1, -0.05) is 26.2 Å². The van der Waals surface area contributed by atoms with E-state index in [1.165, 1.54) is 12.8 Å². The Morgan fingerprint density at radius 3 is 2.45 bits per heavy atom. The number of rotatable bonds is 5. The SMILES string of the molecule is CCCC1NC2(CCCC2)C(=O)N1CC(C)(C)N(C)C. The Balaban J connectivity index is 2.17. The second-order valence-corrected chi connectivity index (χ2v) is 7.38. The van der Waals surface area contributed by atoms with Crippen LogP contribution in [0.15, 0.2) is 0 Å². The number of likely N-dealkylation sites (N-methyl/N-ethyl adjacent to an activating group) is 1. The van der Waals surface area contributed by atoms with E-state index in [-0.39, 0.29) is 17.2 Å². The molecule has 2 aliphatic rings. The van der Waals surface area contributed by atoms with Crippen LogP contribution in [0.25, 0.3) is 0 Å². The van der Waals surface area contributed by atoms with Crippen molar-refractivity contribution in [2.45, 2.75) is 76.5 Å². The van der Waals surface area contributed by atoms with Crippen molar-refractivity contribution in [1.82, 2.24) is 15.1 Å². The van der Waals surface area contributed by atoms with Crippen molar-refractivity contribution in [1.29, 1.82) is 0 Å². The Morgan fingerprint density at radius 2 is 1.95 bits per heavy atom. The second kappa shape index (κ2) is 5.64. The molecule has 2 rings (SSSR count). The molecule has 1 spiro atoms. The lowest BCUT2D eigenvalue weighted by Crippen LogP contribution is -2.52. The first kappa shape index (κ1) is 15.8. The molecule has 2 fully saturated rings. The maximum Gasteiger partial charge on any atom is 0.244 e. The summed E-state index contributed by atoms with van der Waals surface area (Å²) in [6.07, 6.45) is 6.79. The molecule has 1 aliphatic carbocycles. The zero-order chi connectivity index (χ0) is 15.0. The summed E-state index contributed by atoms with van der Waals surface area (Å²) in [5.41, 5.74) is -0.226. The average Bonchev–Trinajstić information content (AvgIpc) is 2.92. The highest BCUT2D eigenvalue weighted by Crippen LogP contribution is 2.38. The standard InChI is InChI=1S/C16H31N3O/c1-6-9-13-17-16(10-7-8-11-16)14(20)19(13)12-15(2,3)18(4)5/h13,17H,6-12H2,1-5H3. The summed E-state index contributed by atoms with van der Waals surface area (Å²) in [7, 11) is 4.18. The predicted octanol–water partition coefficient (Wildman–Crippen LogP) is 2.20. The third kappa shape index (κ3) is 2.73. The zero-order valence-electron chi connectivity index (χ0n) is 13.8. The number of carbonyl (C=O) groups excluding carboxylic acids is 1. The molecule has 0 aromatic carbocycles. The lowest BCUT2D eigenvalue weighted by molar-refractivity contribution is -0.134. The van der Waals surface area contributed by atoms with Crippen molar-refractivity contribution < 1.29 is 4.79 Å². The van der Waals surface area contributed by atoms with Crippen LogP contribution >= 0.6 is 0 Å². The fourth-order valence-corrected chi connectivity index (χ4v) is 3.45. The minimum absolute atomic E-state index is 0.00741. The van der Waals surface area contributed by atoms with E-state index in [9.17, 15) is 4.79 Å². The van der Waals surface area contributed by atoms with Gasteiger partial charge in [0.05, 0.1) is 11.7 Å². The average molecular weight is 281 g/mol. The van der Waals surface area contributed by atoms with Gasteiger partial charge in [-0.15, -0.1) is 0 Å². The summed E-state index contributed by atoms with van der Waals surface area (Å²) in [5.74, 6) is 0.350. The Hall–Kier alpha value is -0.610. The van der Waals surface area contributed by atoms with Gasteiger partial charge in [-0.2, -0.15) is 0 Å². The molecule has 1 saturated heterocycles. The minimum atomic E-state index is -0.234. The summed E-state index contributed by atoms with van der Waals surface area (Å²) >= 11 is 0. The van der Waals surface area contributed by atoms with Gasteiger partial charge in [-0.05, 0) is 47.2 Å². The molecule has 1 aliphatic heterocycles. The molecule has 1 amide bonds. The third-order valence-corrected chi connectivity index (χ3v) is 5.28. The van der Waals surface area contributed by atoms with E-state index in [0.717, 1.165) is 32.2 Å². The van der Waals surface area contributed by atoms with E-state index in [0.29, 0.717) is 5.91 Å². The molecule has 20 heavy (non-hydrogen) atoms. The fraction of sp³-hybridized carbons (Fsp3) is 0.938. The van der Waals surface area contributed by atoms with Gasteiger partial charge in [0.15, 0.2) is 0 Å². The van der Waals surface area contributed by atoms with Crippen molar-refractivity contribution in [2.75, 3.05) is 20.6 Å². The summed E-state index contributed by atoms with van der Waals surface area (Å²) in [4.78, 5) is 17.3. The molecule has 0 aromatic rings. The first-order valence-corrected chi connectivity index (χ1v) is 8.08. The van der Waals surface area contributed by atoms with Gasteiger partial charge < -0.3 is 9.80 Å². The van der Waals surface area contributed by atoms with E-state index in [1.807, 2.05) is 0 Å². The first-order valence-electron chi connectivity index (χ1n) is 8.08. The smallest absolute Gasteiger partial charge is 0.244 e. The quantitative estimate of drug-likeness (QED) is 0.839. The van der Waals surface area contributed by atoms with Crippen molar-refractivity contribution in [3.8, 4) is 0 Å². The van der Waals surface area contributed by atoms with Crippen LogP contribution in [0.1, 0.15) is 59.3 Å². The predicted molar refractivity (Wildman–Crippen MR) is 82.5 cm³/mol. The number of amides is 1. The van der Waals surface area contributed by atoms with Gasteiger partial charge in [0.1, 0.15) is 0 Å². The molecule has 1 N–H and O–H groups in total. The maximum atomic E-state index is 13.0. The Morgan fingerprint density at radius 1 is 1.35 bits per heavy atom. The van der Waals surface area contributed by atoms with Crippen molar-refractivity contribution in [2.24, 2.45) is 0 Å². The lowest BCUT2D eigenvalue weighted by atomic mass is 9.97. The molecule has 4 heteroatoms. The highest BCUT2D eigenvalue weighted by molar-refractivity contribution is 5.89. The molecule has 0 aromatic heterocycles. The lowest BCUT2D eigenvalue weighted by Gasteiger charge is -2.38. The van der Waals surface area contributed by atoms with Crippen LogP contribution in [0.2, 0.25) is 0 Å². The molecule has 116 valence electrons. The van der Waals surface area contributed by atoms with Gasteiger partial charge >= 0.3 is 0 Å². The largest absolute Gasteiger partial charge is 0.324 e. The van der Waals surface area contributed by atoms with Crippen LogP contribution in [0, 0.1) is 0 Å². The number of hydrogen-bond donors (Lipinski definition) is 1. The molecule has 4 nitrogen and oxygen atoms in total. The van der Waals surface area contributed by atoms with Crippen molar-refractivity contribution in [3.05, 3.63) is 0 Å². The van der Waals surface area contributed by atoms with Crippen LogP contribution in [-0.4, -0.2) is 53.6 Å². The number of nitrogens with one attached hydrogen (secondary N) is 1. The van der Waals surface area contributed by atoms with Gasteiger partial charge in [0.25, 0.3) is 0 Å². The normalized spacial score (nSPS) is 26.2. The van der Waals surface area contributed by atoms with Crippen LogP contribution < -0.4 is 5.32 Å². The summed E-state index contributed by atoms with van der Waals surface area (Å²) in [6.45, 7) is 7.42. The third-order valence-electron chi connectivity index (χ3n) is 5.28. The number of carbonyl (C=O) groups is 1. The van der Waals surface area contributed by atoms with Crippen LogP contribution in [0.3, 0.4) is 0 Å². The van der Waals surface area contributed by atoms with Crippen LogP contribution in [0.5, 0.6) is 0 Å². The molecule has 1 saturated carbocycles. The maximum absolute atomic E-state index is 13.0. The van der Waals surface area contributed by atoms with Gasteiger partial charge in [0, 0.05) is 12.1 Å². The monoisotopic (exact) mass is 281 g/mol. The number of hydrogen-bond acceptors (Lipinski definition) is 3. The molecule has 0 bridgehead atoms. The van der Waals surface area contributed by atoms with Crippen LogP contribution in [-0.2, 0) is 4.79 Å². The van der Waals surface area contributed by atoms with E-state index in [4.69, 9.17) is 0 Å².